The molecule has 1 heterocycles. The Hall–Kier alpha value is -0.540. The fraction of sp³-hybridized carbons (Fsp3) is 0.800. The quantitative estimate of drug-likeness (QED) is 0.700. The van der Waals surface area contributed by atoms with E-state index in [0.29, 0.717) is 0 Å². The molecular weight excluding hydrogens is 166 g/mol. The van der Waals surface area contributed by atoms with Gasteiger partial charge in [-0.25, -0.2) is 0 Å². The Labute approximate surface area is 80.1 Å². The number of likely N-dealkylation sites (N-methyl/N-ethyl adjacent to an activating group) is 1. The van der Waals surface area contributed by atoms with E-state index in [1.165, 1.54) is 0 Å². The van der Waals surface area contributed by atoms with Crippen LogP contribution in [0.15, 0.2) is 11.8 Å². The van der Waals surface area contributed by atoms with Gasteiger partial charge in [0, 0.05) is 13.5 Å². The van der Waals surface area contributed by atoms with Crippen molar-refractivity contribution >= 4 is 0 Å². The molecule has 0 bridgehead atoms. The second-order valence-corrected chi connectivity index (χ2v) is 3.19. The number of ether oxygens (including phenoxy) is 2. The Kier molecular flexibility index (Phi) is 4.25. The molecule has 0 aliphatic carbocycles. The number of hydrogen-bond donors (Lipinski definition) is 1. The first-order valence-electron chi connectivity index (χ1n) is 4.86. The summed E-state index contributed by atoms with van der Waals surface area (Å²) in [5, 5.41) is 3.23. The second-order valence-electron chi connectivity index (χ2n) is 3.19. The molecule has 1 aliphatic heterocycles. The molecule has 0 saturated heterocycles. The molecule has 13 heavy (non-hydrogen) atoms. The van der Waals surface area contributed by atoms with Crippen LogP contribution in [0.1, 0.15) is 19.8 Å². The van der Waals surface area contributed by atoms with Gasteiger partial charge in [-0.1, -0.05) is 6.92 Å². The molecule has 0 spiro atoms. The Morgan fingerprint density at radius 3 is 2.85 bits per heavy atom. The zero-order valence-corrected chi connectivity index (χ0v) is 8.67. The molecule has 0 aromatic heterocycles. The van der Waals surface area contributed by atoms with Gasteiger partial charge in [0.15, 0.2) is 0 Å². The first kappa shape index (κ1) is 10.5. The van der Waals surface area contributed by atoms with Gasteiger partial charge in [0.1, 0.15) is 5.76 Å². The first-order chi connectivity index (χ1) is 6.33. The Morgan fingerprint density at radius 2 is 2.46 bits per heavy atom. The van der Waals surface area contributed by atoms with Crippen LogP contribution in [-0.4, -0.2) is 32.9 Å². The predicted octanol–water partition coefficient (Wildman–Crippen LogP) is 1.30. The SMILES string of the molecule is CCC(OC)C(NC)C1=CCCO1. The molecule has 3 heteroatoms. The van der Waals surface area contributed by atoms with Crippen molar-refractivity contribution in [1.29, 1.82) is 0 Å². The van der Waals surface area contributed by atoms with Crippen LogP contribution in [0.3, 0.4) is 0 Å². The van der Waals surface area contributed by atoms with E-state index in [2.05, 4.69) is 18.3 Å². The summed E-state index contributed by atoms with van der Waals surface area (Å²) in [5.74, 6) is 1.04. The third-order valence-electron chi connectivity index (χ3n) is 2.43. The van der Waals surface area contributed by atoms with Crippen LogP contribution >= 0.6 is 0 Å². The molecule has 1 rings (SSSR count). The highest BCUT2D eigenvalue weighted by atomic mass is 16.5. The summed E-state index contributed by atoms with van der Waals surface area (Å²) < 4.78 is 10.9. The number of nitrogens with one attached hydrogen (secondary N) is 1. The van der Waals surface area contributed by atoms with Gasteiger partial charge in [0.25, 0.3) is 0 Å². The molecule has 3 nitrogen and oxygen atoms in total. The molecule has 0 radical (unpaired) electrons. The Balaban J connectivity index is 2.59. The van der Waals surface area contributed by atoms with Crippen molar-refractivity contribution in [3.05, 3.63) is 11.8 Å². The molecule has 2 unspecified atom stereocenters. The van der Waals surface area contributed by atoms with Crippen LogP contribution in [0.25, 0.3) is 0 Å². The largest absolute Gasteiger partial charge is 0.496 e. The molecule has 0 amide bonds. The smallest absolute Gasteiger partial charge is 0.112 e. The molecule has 0 fully saturated rings. The van der Waals surface area contributed by atoms with Gasteiger partial charge in [-0.05, 0) is 19.5 Å². The minimum absolute atomic E-state index is 0.203. The van der Waals surface area contributed by atoms with E-state index in [1.807, 2.05) is 7.05 Å². The van der Waals surface area contributed by atoms with Crippen molar-refractivity contribution in [3.63, 3.8) is 0 Å². The summed E-state index contributed by atoms with van der Waals surface area (Å²) in [6, 6.07) is 0.206. The lowest BCUT2D eigenvalue weighted by atomic mass is 10.1. The number of rotatable bonds is 5. The summed E-state index contributed by atoms with van der Waals surface area (Å²) in [7, 11) is 3.68. The third kappa shape index (κ3) is 2.45. The third-order valence-corrected chi connectivity index (χ3v) is 2.43. The van der Waals surface area contributed by atoms with Crippen molar-refractivity contribution in [2.45, 2.75) is 31.9 Å². The van der Waals surface area contributed by atoms with Crippen molar-refractivity contribution in [3.8, 4) is 0 Å². The minimum atomic E-state index is 0.203. The standard InChI is InChI=1S/C10H19NO2/c1-4-8(12-3)10(11-2)9-6-5-7-13-9/h6,8,10-11H,4-5,7H2,1-3H3. The van der Waals surface area contributed by atoms with Crippen LogP contribution in [-0.2, 0) is 9.47 Å². The molecule has 1 aliphatic rings. The molecule has 76 valence electrons. The van der Waals surface area contributed by atoms with E-state index in [-0.39, 0.29) is 12.1 Å². The van der Waals surface area contributed by atoms with E-state index in [4.69, 9.17) is 9.47 Å². The zero-order valence-electron chi connectivity index (χ0n) is 8.67. The van der Waals surface area contributed by atoms with E-state index in [0.717, 1.165) is 25.2 Å². The van der Waals surface area contributed by atoms with E-state index >= 15 is 0 Å². The fourth-order valence-corrected chi connectivity index (χ4v) is 1.70. The molecular formula is C10H19NO2. The minimum Gasteiger partial charge on any atom is -0.496 e. The second kappa shape index (κ2) is 5.25. The van der Waals surface area contributed by atoms with Crippen LogP contribution in [0.5, 0.6) is 0 Å². The fourth-order valence-electron chi connectivity index (χ4n) is 1.70. The number of hydrogen-bond acceptors (Lipinski definition) is 3. The van der Waals surface area contributed by atoms with Crippen molar-refractivity contribution in [1.82, 2.24) is 5.32 Å². The van der Waals surface area contributed by atoms with Crippen molar-refractivity contribution in [2.75, 3.05) is 20.8 Å². The normalized spacial score (nSPS) is 20.7. The lowest BCUT2D eigenvalue weighted by Crippen LogP contribution is -2.40. The highest BCUT2D eigenvalue weighted by Crippen LogP contribution is 2.18. The summed E-state index contributed by atoms with van der Waals surface area (Å²) >= 11 is 0. The van der Waals surface area contributed by atoms with Crippen LogP contribution in [0, 0.1) is 0 Å². The molecule has 0 saturated carbocycles. The van der Waals surface area contributed by atoms with E-state index in [1.54, 1.807) is 7.11 Å². The topological polar surface area (TPSA) is 30.5 Å². The molecule has 1 N–H and O–H groups in total. The van der Waals surface area contributed by atoms with Crippen LogP contribution in [0.2, 0.25) is 0 Å². The van der Waals surface area contributed by atoms with Gasteiger partial charge < -0.3 is 14.8 Å². The maximum atomic E-state index is 5.51. The van der Waals surface area contributed by atoms with Gasteiger partial charge in [-0.2, -0.15) is 0 Å². The summed E-state index contributed by atoms with van der Waals surface area (Å²) in [4.78, 5) is 0. The highest BCUT2D eigenvalue weighted by Gasteiger charge is 2.24. The average Bonchev–Trinajstić information content (AvgIpc) is 2.66. The lowest BCUT2D eigenvalue weighted by Gasteiger charge is -2.25. The predicted molar refractivity (Wildman–Crippen MR) is 52.6 cm³/mol. The Morgan fingerprint density at radius 1 is 1.69 bits per heavy atom. The summed E-state index contributed by atoms with van der Waals surface area (Å²) in [6.45, 7) is 2.93. The van der Waals surface area contributed by atoms with Gasteiger partial charge in [-0.3, -0.25) is 0 Å². The lowest BCUT2D eigenvalue weighted by molar-refractivity contribution is 0.0582. The molecule has 2 atom stereocenters. The average molecular weight is 185 g/mol. The maximum absolute atomic E-state index is 5.51. The van der Waals surface area contributed by atoms with Crippen molar-refractivity contribution < 1.29 is 9.47 Å². The monoisotopic (exact) mass is 185 g/mol. The van der Waals surface area contributed by atoms with Crippen molar-refractivity contribution in [2.24, 2.45) is 0 Å². The van der Waals surface area contributed by atoms with Gasteiger partial charge in [0.2, 0.25) is 0 Å². The molecule has 0 aromatic carbocycles. The van der Waals surface area contributed by atoms with Gasteiger partial charge in [0.05, 0.1) is 18.8 Å². The van der Waals surface area contributed by atoms with Crippen LogP contribution in [0.4, 0.5) is 0 Å². The summed E-state index contributed by atoms with van der Waals surface area (Å²) in [6.07, 6.45) is 4.36. The maximum Gasteiger partial charge on any atom is 0.112 e. The first-order valence-corrected chi connectivity index (χ1v) is 4.86. The molecule has 0 aromatic rings. The van der Waals surface area contributed by atoms with E-state index < -0.39 is 0 Å². The summed E-state index contributed by atoms with van der Waals surface area (Å²) in [5.41, 5.74) is 0. The zero-order chi connectivity index (χ0) is 9.68. The van der Waals surface area contributed by atoms with Gasteiger partial charge in [-0.15, -0.1) is 0 Å². The van der Waals surface area contributed by atoms with Gasteiger partial charge >= 0.3 is 0 Å². The van der Waals surface area contributed by atoms with E-state index in [9.17, 15) is 0 Å². The Bertz CT molecular complexity index is 176. The van der Waals surface area contributed by atoms with Crippen LogP contribution < -0.4 is 5.32 Å². The number of methoxy groups -OCH3 is 1. The highest BCUT2D eigenvalue weighted by molar-refractivity contribution is 5.09.